The van der Waals surface area contributed by atoms with Crippen LogP contribution in [0, 0.1) is 0 Å². The molecule has 0 amide bonds. The van der Waals surface area contributed by atoms with E-state index in [4.69, 9.17) is 10.2 Å². The number of hydrogen-bond acceptors (Lipinski definition) is 4. The van der Waals surface area contributed by atoms with Crippen molar-refractivity contribution in [3.63, 3.8) is 0 Å². The van der Waals surface area contributed by atoms with E-state index < -0.39 is 0 Å². The van der Waals surface area contributed by atoms with E-state index in [0.717, 1.165) is 0 Å². The van der Waals surface area contributed by atoms with E-state index in [0.29, 0.717) is 0 Å². The summed E-state index contributed by atoms with van der Waals surface area (Å²) in [5, 5.41) is 16.7. The van der Waals surface area contributed by atoms with Gasteiger partial charge in [0.1, 0.15) is 0 Å². The molecule has 0 aliphatic heterocycles. The first-order valence-electron chi connectivity index (χ1n) is 4.01. The van der Waals surface area contributed by atoms with E-state index >= 15 is 0 Å². The van der Waals surface area contributed by atoms with Crippen LogP contribution >= 0.6 is 0 Å². The molecule has 0 radical (unpaired) electrons. The van der Waals surface area contributed by atoms with Gasteiger partial charge in [-0.3, -0.25) is 9.59 Å². The average molecular weight is 313 g/mol. The van der Waals surface area contributed by atoms with Crippen molar-refractivity contribution in [2.45, 2.75) is 27.7 Å². The van der Waals surface area contributed by atoms with E-state index in [9.17, 15) is 9.59 Å². The summed E-state index contributed by atoms with van der Waals surface area (Å²) in [6, 6.07) is 0. The van der Waals surface area contributed by atoms with E-state index in [2.05, 4.69) is 0 Å². The zero-order chi connectivity index (χ0) is 11.7. The van der Waals surface area contributed by atoms with Crippen LogP contribution in [0.3, 0.4) is 0 Å². The average Bonchev–Trinajstić information content (AvgIpc) is 1.79. The van der Waals surface area contributed by atoms with Gasteiger partial charge in [0.2, 0.25) is 0 Å². The Morgan fingerprint density at radius 2 is 1.00 bits per heavy atom. The summed E-state index contributed by atoms with van der Waals surface area (Å²) in [6.45, 7) is 5.70. The summed E-state index contributed by atoms with van der Waals surface area (Å²) < 4.78 is 0. The molecule has 82 valence electrons. The number of aliphatic hydroxyl groups is 2. The third-order valence-electron chi connectivity index (χ3n) is 0.824. The quantitative estimate of drug-likeness (QED) is 0.465. The third kappa shape index (κ3) is 31.8. The van der Waals surface area contributed by atoms with E-state index in [1.807, 2.05) is 0 Å². The molecule has 0 fully saturated rings. The number of rotatable bonds is 2. The van der Waals surface area contributed by atoms with Gasteiger partial charge in [-0.1, -0.05) is 0 Å². The van der Waals surface area contributed by atoms with Crippen molar-refractivity contribution in [2.75, 3.05) is 0 Å². The fourth-order valence-corrected chi connectivity index (χ4v) is 0.588. The molecule has 0 bridgehead atoms. The van der Waals surface area contributed by atoms with Crippen LogP contribution in [-0.4, -0.2) is 21.8 Å². The maximum Gasteiger partial charge on any atom is 0.155 e. The van der Waals surface area contributed by atoms with Crippen LogP contribution in [0.4, 0.5) is 0 Å². The fraction of sp³-hybridized carbons (Fsp3) is 0.400. The topological polar surface area (TPSA) is 74.6 Å². The van der Waals surface area contributed by atoms with E-state index in [1.165, 1.54) is 39.8 Å². The van der Waals surface area contributed by atoms with E-state index in [-0.39, 0.29) is 50.4 Å². The molecule has 0 saturated heterocycles. The van der Waals surface area contributed by atoms with Crippen molar-refractivity contribution in [1.29, 1.82) is 0 Å². The van der Waals surface area contributed by atoms with Gasteiger partial charge in [0, 0.05) is 39.5 Å². The molecule has 0 atom stereocenters. The van der Waals surface area contributed by atoms with Gasteiger partial charge in [-0.15, -0.1) is 0 Å². The molecule has 0 saturated carbocycles. The second kappa shape index (κ2) is 11.4. The van der Waals surface area contributed by atoms with Crippen LogP contribution in [0.15, 0.2) is 23.7 Å². The molecule has 15 heavy (non-hydrogen) atoms. The van der Waals surface area contributed by atoms with Crippen LogP contribution < -0.4 is 0 Å². The van der Waals surface area contributed by atoms with Crippen molar-refractivity contribution < 1.29 is 47.1 Å². The molecule has 0 aliphatic carbocycles. The first-order valence-corrected chi connectivity index (χ1v) is 4.01. The number of allylic oxidation sites excluding steroid dienone is 4. The Balaban J connectivity index is -0.000000180. The van der Waals surface area contributed by atoms with Crippen LogP contribution in [0.5, 0.6) is 0 Å². The van der Waals surface area contributed by atoms with Gasteiger partial charge in [-0.2, -0.15) is 0 Å². The number of hydrogen-bond donors (Lipinski definition) is 2. The first-order chi connectivity index (χ1) is 6.25. The molecular weight excluding hydrogens is 297 g/mol. The van der Waals surface area contributed by atoms with Crippen molar-refractivity contribution in [2.24, 2.45) is 0 Å². The van der Waals surface area contributed by atoms with Crippen LogP contribution in [0.2, 0.25) is 0 Å². The van der Waals surface area contributed by atoms with Gasteiger partial charge in [0.15, 0.2) is 11.6 Å². The van der Waals surface area contributed by atoms with E-state index in [1.54, 1.807) is 0 Å². The molecule has 0 aromatic carbocycles. The molecule has 0 aliphatic rings. The monoisotopic (exact) mass is 314 g/mol. The number of aliphatic hydroxyl groups excluding tert-OH is 2. The molecule has 0 aromatic heterocycles. The van der Waals surface area contributed by atoms with Gasteiger partial charge in [-0.25, -0.2) is 0 Å². The van der Waals surface area contributed by atoms with Crippen molar-refractivity contribution in [1.82, 2.24) is 0 Å². The molecule has 2 N–H and O–H groups in total. The Morgan fingerprint density at radius 1 is 0.800 bits per heavy atom. The molecule has 0 unspecified atom stereocenters. The van der Waals surface area contributed by atoms with Gasteiger partial charge in [-0.05, 0) is 27.7 Å². The Morgan fingerprint density at radius 3 is 1.00 bits per heavy atom. The Bertz CT molecular complexity index is 231. The molecular formula is C10H16CdO4. The van der Waals surface area contributed by atoms with Gasteiger partial charge < -0.3 is 10.2 Å². The Labute approximate surface area is 110 Å². The second-order valence-corrected chi connectivity index (χ2v) is 2.79. The van der Waals surface area contributed by atoms with Crippen LogP contribution in [-0.2, 0) is 36.9 Å². The summed E-state index contributed by atoms with van der Waals surface area (Å²) in [5.74, 6) is -0.125. The number of ketones is 2. The number of carbonyl (C=O) groups excluding carboxylic acids is 2. The minimum Gasteiger partial charge on any atom is -0.512 e. The summed E-state index contributed by atoms with van der Waals surface area (Å²) in [7, 11) is 0. The number of carbonyl (C=O) groups is 2. The Kier molecular flexibility index (Phi) is 15.1. The smallest absolute Gasteiger partial charge is 0.155 e. The SMILES string of the molecule is CC(=O)C=C(C)O.CC(=O)C=C(C)O.[Cd]. The Hall–Kier alpha value is -0.658. The zero-order valence-corrected chi connectivity index (χ0v) is 13.6. The minimum atomic E-state index is -0.125. The normalized spacial score (nSPS) is 10.7. The molecule has 0 spiro atoms. The van der Waals surface area contributed by atoms with Gasteiger partial charge in [0.25, 0.3) is 0 Å². The molecule has 0 heterocycles. The predicted octanol–water partition coefficient (Wildman–Crippen LogP) is 2.07. The molecule has 0 aromatic rings. The fourth-order valence-electron chi connectivity index (χ4n) is 0.588. The standard InChI is InChI=1S/2C5H8O2.Cd/c2*1-4(6)3-5(2)7;/h2*3,6H,1-2H3;. The van der Waals surface area contributed by atoms with Crippen molar-refractivity contribution in [3.05, 3.63) is 23.7 Å². The van der Waals surface area contributed by atoms with Crippen LogP contribution in [0.25, 0.3) is 0 Å². The summed E-state index contributed by atoms with van der Waals surface area (Å²) in [6.07, 6.45) is 2.33. The van der Waals surface area contributed by atoms with Gasteiger partial charge in [0.05, 0.1) is 11.5 Å². The van der Waals surface area contributed by atoms with Gasteiger partial charge >= 0.3 is 0 Å². The zero-order valence-electron chi connectivity index (χ0n) is 9.57. The minimum absolute atomic E-state index is 0. The summed E-state index contributed by atoms with van der Waals surface area (Å²) in [4.78, 5) is 20.0. The molecule has 5 heteroatoms. The summed E-state index contributed by atoms with van der Waals surface area (Å²) >= 11 is 0. The predicted molar refractivity (Wildman–Crippen MR) is 54.1 cm³/mol. The maximum atomic E-state index is 10.0. The largest absolute Gasteiger partial charge is 0.512 e. The molecule has 0 rings (SSSR count). The molecule has 4 nitrogen and oxygen atoms in total. The van der Waals surface area contributed by atoms with Crippen molar-refractivity contribution >= 4 is 11.6 Å². The second-order valence-electron chi connectivity index (χ2n) is 2.79. The van der Waals surface area contributed by atoms with Crippen molar-refractivity contribution in [3.8, 4) is 0 Å². The maximum absolute atomic E-state index is 10.0. The summed E-state index contributed by atoms with van der Waals surface area (Å²) in [5.41, 5.74) is 0. The van der Waals surface area contributed by atoms with Crippen LogP contribution in [0.1, 0.15) is 27.7 Å². The first kappa shape index (κ1) is 19.8. The third-order valence-corrected chi connectivity index (χ3v) is 0.824.